The molecule has 28 heavy (non-hydrogen) atoms. The van der Waals surface area contributed by atoms with E-state index in [2.05, 4.69) is 14.4 Å². The number of halogens is 3. The van der Waals surface area contributed by atoms with Gasteiger partial charge in [0.1, 0.15) is 11.6 Å². The average molecular weight is 408 g/mol. The van der Waals surface area contributed by atoms with Crippen LogP contribution in [0.2, 0.25) is 0 Å². The Morgan fingerprint density at radius 3 is 2.00 bits per heavy atom. The normalized spacial score (nSPS) is 11.9. The van der Waals surface area contributed by atoms with E-state index in [1.165, 1.54) is 36.4 Å². The number of sulfonamides is 1. The average Bonchev–Trinajstić information content (AvgIpc) is 2.61. The van der Waals surface area contributed by atoms with E-state index in [0.717, 1.165) is 0 Å². The Labute approximate surface area is 159 Å². The van der Waals surface area contributed by atoms with E-state index in [0.29, 0.717) is 16.8 Å². The lowest BCUT2D eigenvalue weighted by Gasteiger charge is -2.10. The van der Waals surface area contributed by atoms with E-state index in [-0.39, 0.29) is 16.5 Å². The van der Waals surface area contributed by atoms with E-state index >= 15 is 0 Å². The highest BCUT2D eigenvalue weighted by Crippen LogP contribution is 2.27. The van der Waals surface area contributed by atoms with Gasteiger partial charge in [0.2, 0.25) is 0 Å². The Hall–Kier alpha value is -3.07. The van der Waals surface area contributed by atoms with Crippen molar-refractivity contribution in [2.45, 2.75) is 18.2 Å². The maximum atomic E-state index is 12.5. The number of hydrogen-bond donors (Lipinski definition) is 1. The van der Waals surface area contributed by atoms with Crippen molar-refractivity contribution in [1.29, 1.82) is 0 Å². The van der Waals surface area contributed by atoms with E-state index < -0.39 is 16.4 Å². The van der Waals surface area contributed by atoms with Crippen LogP contribution in [0.15, 0.2) is 71.6 Å². The fourth-order valence-electron chi connectivity index (χ4n) is 2.47. The molecule has 1 N–H and O–H groups in total. The number of anilines is 1. The van der Waals surface area contributed by atoms with Crippen molar-refractivity contribution < 1.29 is 26.3 Å². The largest absolute Gasteiger partial charge is 0.573 e. The molecule has 0 atom stereocenters. The number of nitrogens with one attached hydrogen (secondary N) is 1. The molecule has 0 saturated heterocycles. The second-order valence-corrected chi connectivity index (χ2v) is 7.55. The molecule has 3 rings (SSSR count). The number of nitrogens with zero attached hydrogens (tertiary/aromatic N) is 1. The molecule has 146 valence electrons. The predicted molar refractivity (Wildman–Crippen MR) is 98.3 cm³/mol. The highest BCUT2D eigenvalue weighted by atomic mass is 32.2. The summed E-state index contributed by atoms with van der Waals surface area (Å²) in [5.41, 5.74) is 1.94. The van der Waals surface area contributed by atoms with Crippen LogP contribution in [0.5, 0.6) is 5.75 Å². The minimum absolute atomic E-state index is 0.0385. The highest BCUT2D eigenvalue weighted by molar-refractivity contribution is 7.92. The third-order valence-corrected chi connectivity index (χ3v) is 5.08. The SMILES string of the molecule is Cc1cccc(NS(=O)(=O)c2ccc(-c3ccc(OC(F)(F)F)cc3)cc2)n1. The monoisotopic (exact) mass is 408 g/mol. The molecule has 0 amide bonds. The molecule has 0 aliphatic heterocycles. The van der Waals surface area contributed by atoms with Crippen molar-refractivity contribution in [3.05, 3.63) is 72.4 Å². The Kier molecular flexibility index (Phi) is 5.28. The van der Waals surface area contributed by atoms with Gasteiger partial charge in [0.15, 0.2) is 0 Å². The summed E-state index contributed by atoms with van der Waals surface area (Å²) in [5, 5.41) is 0. The quantitative estimate of drug-likeness (QED) is 0.661. The molecule has 1 heterocycles. The van der Waals surface area contributed by atoms with Crippen LogP contribution in [0.4, 0.5) is 19.0 Å². The first kappa shape index (κ1) is 19.7. The van der Waals surface area contributed by atoms with Crippen molar-refractivity contribution >= 4 is 15.8 Å². The van der Waals surface area contributed by atoms with Gasteiger partial charge in [0, 0.05) is 5.69 Å². The molecule has 0 saturated carbocycles. The summed E-state index contributed by atoms with van der Waals surface area (Å²) in [4.78, 5) is 4.14. The number of aryl methyl sites for hydroxylation is 1. The van der Waals surface area contributed by atoms with E-state index in [9.17, 15) is 21.6 Å². The molecule has 0 spiro atoms. The van der Waals surface area contributed by atoms with Gasteiger partial charge in [-0.1, -0.05) is 30.3 Å². The van der Waals surface area contributed by atoms with Gasteiger partial charge in [-0.05, 0) is 54.4 Å². The van der Waals surface area contributed by atoms with Crippen LogP contribution in [0.25, 0.3) is 11.1 Å². The topological polar surface area (TPSA) is 68.3 Å². The number of hydrogen-bond acceptors (Lipinski definition) is 4. The van der Waals surface area contributed by atoms with Crippen molar-refractivity contribution in [1.82, 2.24) is 4.98 Å². The van der Waals surface area contributed by atoms with Crippen molar-refractivity contribution in [2.24, 2.45) is 0 Å². The molecule has 0 fully saturated rings. The molecular weight excluding hydrogens is 393 g/mol. The van der Waals surface area contributed by atoms with Crippen LogP contribution in [0, 0.1) is 6.92 Å². The van der Waals surface area contributed by atoms with Crippen LogP contribution < -0.4 is 9.46 Å². The summed E-state index contributed by atoms with van der Waals surface area (Å²) < 4.78 is 67.8. The molecule has 3 aromatic rings. The van der Waals surface area contributed by atoms with E-state index in [4.69, 9.17) is 0 Å². The molecule has 0 unspecified atom stereocenters. The second-order valence-electron chi connectivity index (χ2n) is 5.87. The number of ether oxygens (including phenoxy) is 1. The first-order chi connectivity index (χ1) is 13.1. The molecule has 0 radical (unpaired) electrons. The lowest BCUT2D eigenvalue weighted by molar-refractivity contribution is -0.274. The van der Waals surface area contributed by atoms with Gasteiger partial charge in [-0.25, -0.2) is 13.4 Å². The maximum absolute atomic E-state index is 12.5. The molecule has 0 aliphatic rings. The molecular formula is C19H15F3N2O3S. The van der Waals surface area contributed by atoms with Gasteiger partial charge < -0.3 is 4.74 Å². The predicted octanol–water partition coefficient (Wildman–Crippen LogP) is 4.76. The first-order valence-corrected chi connectivity index (χ1v) is 9.53. The fraction of sp³-hybridized carbons (Fsp3) is 0.105. The zero-order valence-electron chi connectivity index (χ0n) is 14.6. The summed E-state index contributed by atoms with van der Waals surface area (Å²) in [6.07, 6.45) is -4.75. The van der Waals surface area contributed by atoms with Crippen LogP contribution in [0.1, 0.15) is 5.69 Å². The highest BCUT2D eigenvalue weighted by Gasteiger charge is 2.30. The number of aromatic nitrogens is 1. The number of benzene rings is 2. The smallest absolute Gasteiger partial charge is 0.406 e. The minimum atomic E-state index is -4.75. The first-order valence-electron chi connectivity index (χ1n) is 8.05. The lowest BCUT2D eigenvalue weighted by Crippen LogP contribution is -2.16. The van der Waals surface area contributed by atoms with Gasteiger partial charge in [-0.2, -0.15) is 0 Å². The summed E-state index contributed by atoms with van der Waals surface area (Å²) in [7, 11) is -3.81. The molecule has 0 bridgehead atoms. The Bertz CT molecular complexity index is 1060. The Morgan fingerprint density at radius 1 is 0.893 bits per heavy atom. The molecule has 0 aliphatic carbocycles. The number of rotatable bonds is 5. The maximum Gasteiger partial charge on any atom is 0.573 e. The minimum Gasteiger partial charge on any atom is -0.406 e. The van der Waals surface area contributed by atoms with Gasteiger partial charge >= 0.3 is 6.36 Å². The van der Waals surface area contributed by atoms with Crippen molar-refractivity contribution in [3.63, 3.8) is 0 Å². The van der Waals surface area contributed by atoms with E-state index in [1.54, 1.807) is 37.3 Å². The van der Waals surface area contributed by atoms with E-state index in [1.807, 2.05) is 0 Å². The molecule has 5 nitrogen and oxygen atoms in total. The number of pyridine rings is 1. The van der Waals surface area contributed by atoms with Gasteiger partial charge in [-0.3, -0.25) is 4.72 Å². The molecule has 2 aromatic carbocycles. The fourth-order valence-corrected chi connectivity index (χ4v) is 3.47. The third kappa shape index (κ3) is 5.01. The van der Waals surface area contributed by atoms with Crippen molar-refractivity contribution in [2.75, 3.05) is 4.72 Å². The van der Waals surface area contributed by atoms with Gasteiger partial charge in [0.25, 0.3) is 10.0 Å². The van der Waals surface area contributed by atoms with Crippen LogP contribution >= 0.6 is 0 Å². The molecule has 9 heteroatoms. The van der Waals surface area contributed by atoms with Crippen molar-refractivity contribution in [3.8, 4) is 16.9 Å². The van der Waals surface area contributed by atoms with Crippen LogP contribution in [0.3, 0.4) is 0 Å². The zero-order valence-corrected chi connectivity index (χ0v) is 15.4. The Morgan fingerprint density at radius 2 is 1.46 bits per heavy atom. The standard InChI is InChI=1S/C19H15F3N2O3S/c1-13-3-2-4-18(23-13)24-28(25,26)17-11-7-15(8-12-17)14-5-9-16(10-6-14)27-19(20,21)22/h2-12H,1H3,(H,23,24). The zero-order chi connectivity index (χ0) is 20.4. The van der Waals surface area contributed by atoms with Crippen LogP contribution in [-0.2, 0) is 10.0 Å². The summed E-state index contributed by atoms with van der Waals surface area (Å²) >= 11 is 0. The summed E-state index contributed by atoms with van der Waals surface area (Å²) in [5.74, 6) is -0.116. The van der Waals surface area contributed by atoms with Gasteiger partial charge in [-0.15, -0.1) is 13.2 Å². The van der Waals surface area contributed by atoms with Crippen LogP contribution in [-0.4, -0.2) is 19.8 Å². The Balaban J connectivity index is 1.77. The number of alkyl halides is 3. The third-order valence-electron chi connectivity index (χ3n) is 3.71. The van der Waals surface area contributed by atoms with Gasteiger partial charge in [0.05, 0.1) is 4.90 Å². The second kappa shape index (κ2) is 7.51. The summed E-state index contributed by atoms with van der Waals surface area (Å²) in [6.45, 7) is 1.75. The molecule has 1 aromatic heterocycles. The summed E-state index contributed by atoms with van der Waals surface area (Å²) in [6, 6.07) is 16.2. The lowest BCUT2D eigenvalue weighted by atomic mass is 10.1.